The van der Waals surface area contributed by atoms with Gasteiger partial charge in [0.05, 0.1) is 19.3 Å². The van der Waals surface area contributed by atoms with E-state index in [9.17, 15) is 4.79 Å². The monoisotopic (exact) mass is 339 g/mol. The second-order valence-corrected chi connectivity index (χ2v) is 7.07. The number of carbonyl (C=O) groups excluding carboxylic acids is 1. The van der Waals surface area contributed by atoms with Gasteiger partial charge in [0.15, 0.2) is 0 Å². The van der Waals surface area contributed by atoms with Crippen molar-refractivity contribution in [3.63, 3.8) is 0 Å². The third-order valence-corrected chi connectivity index (χ3v) is 4.24. The van der Waals surface area contributed by atoms with Crippen LogP contribution in [0.5, 0.6) is 0 Å². The van der Waals surface area contributed by atoms with Crippen molar-refractivity contribution in [3.8, 4) is 0 Å². The molecule has 4 nitrogen and oxygen atoms in total. The fourth-order valence-electron chi connectivity index (χ4n) is 2.76. The Bertz CT molecular complexity index is 513. The molecule has 0 bridgehead atoms. The number of nitrogens with one attached hydrogen (secondary N) is 1. The van der Waals surface area contributed by atoms with E-state index in [-0.39, 0.29) is 17.6 Å². The highest BCUT2D eigenvalue weighted by Crippen LogP contribution is 2.20. The van der Waals surface area contributed by atoms with Crippen LogP contribution in [0.3, 0.4) is 0 Å². The van der Waals surface area contributed by atoms with Crippen LogP contribution in [0, 0.1) is 0 Å². The molecule has 128 valence electrons. The number of carbonyl (C=O) groups is 1. The molecule has 1 N–H and O–H groups in total. The molecule has 0 spiro atoms. The maximum Gasteiger partial charge on any atom is 0.222 e. The maximum absolute atomic E-state index is 12.1. The molecule has 1 aliphatic heterocycles. The largest absolute Gasteiger partial charge is 0.378 e. The van der Waals surface area contributed by atoms with Gasteiger partial charge in [-0.25, -0.2) is 0 Å². The number of halogens is 1. The van der Waals surface area contributed by atoms with Gasteiger partial charge in [-0.3, -0.25) is 4.79 Å². The minimum Gasteiger partial charge on any atom is -0.378 e. The zero-order valence-electron chi connectivity index (χ0n) is 13.9. The van der Waals surface area contributed by atoms with Crippen LogP contribution in [-0.4, -0.2) is 37.4 Å². The smallest absolute Gasteiger partial charge is 0.222 e. The molecule has 1 atom stereocenters. The Morgan fingerprint density at radius 2 is 2.22 bits per heavy atom. The fraction of sp³-hybridized carbons (Fsp3) is 0.611. The lowest BCUT2D eigenvalue weighted by Gasteiger charge is -2.27. The highest BCUT2D eigenvalue weighted by molar-refractivity contribution is 6.31. The molecule has 1 aromatic carbocycles. The first-order chi connectivity index (χ1) is 11.0. The van der Waals surface area contributed by atoms with Crippen molar-refractivity contribution in [1.82, 2.24) is 5.32 Å². The average molecular weight is 340 g/mol. The molecule has 1 aliphatic rings. The van der Waals surface area contributed by atoms with Crippen LogP contribution in [0.25, 0.3) is 0 Å². The Hall–Kier alpha value is -1.10. The summed E-state index contributed by atoms with van der Waals surface area (Å²) in [4.78, 5) is 12.1. The van der Waals surface area contributed by atoms with E-state index in [0.717, 1.165) is 30.0 Å². The second-order valence-electron chi connectivity index (χ2n) is 6.66. The van der Waals surface area contributed by atoms with Crippen LogP contribution in [0.4, 0.5) is 0 Å². The third-order valence-electron chi connectivity index (χ3n) is 3.87. The van der Waals surface area contributed by atoms with Gasteiger partial charge in [-0.2, -0.15) is 0 Å². The Labute approximate surface area is 143 Å². The van der Waals surface area contributed by atoms with E-state index in [2.05, 4.69) is 5.32 Å². The zero-order chi connectivity index (χ0) is 16.7. The number of ether oxygens (including phenoxy) is 2. The van der Waals surface area contributed by atoms with Gasteiger partial charge in [-0.1, -0.05) is 29.8 Å². The summed E-state index contributed by atoms with van der Waals surface area (Å²) in [6, 6.07) is 7.72. The van der Waals surface area contributed by atoms with Crippen molar-refractivity contribution >= 4 is 17.5 Å². The van der Waals surface area contributed by atoms with Crippen molar-refractivity contribution in [1.29, 1.82) is 0 Å². The Morgan fingerprint density at radius 3 is 2.91 bits per heavy atom. The van der Waals surface area contributed by atoms with Crippen LogP contribution in [0.1, 0.15) is 38.7 Å². The normalized spacial score (nSPS) is 18.1. The Morgan fingerprint density at radius 1 is 1.43 bits per heavy atom. The summed E-state index contributed by atoms with van der Waals surface area (Å²) in [6.07, 6.45) is 3.41. The first kappa shape index (κ1) is 18.2. The lowest BCUT2D eigenvalue weighted by molar-refractivity contribution is -0.124. The first-order valence-corrected chi connectivity index (χ1v) is 8.58. The standard InChI is InChI=1S/C18H26ClNO3/c1-18(2,12-14-6-3-4-8-16(14)19)20-17(21)9-11-22-13-15-7-5-10-23-15/h3-4,6,8,15H,5,7,9-13H2,1-2H3,(H,20,21). The lowest BCUT2D eigenvalue weighted by Crippen LogP contribution is -2.45. The van der Waals surface area contributed by atoms with E-state index in [4.69, 9.17) is 21.1 Å². The molecule has 2 rings (SSSR count). The molecular weight excluding hydrogens is 314 g/mol. The van der Waals surface area contributed by atoms with Gasteiger partial charge in [0.25, 0.3) is 0 Å². The van der Waals surface area contributed by atoms with Crippen molar-refractivity contribution < 1.29 is 14.3 Å². The summed E-state index contributed by atoms with van der Waals surface area (Å²) < 4.78 is 11.0. The summed E-state index contributed by atoms with van der Waals surface area (Å²) in [5, 5.41) is 3.78. The van der Waals surface area contributed by atoms with E-state index in [0.29, 0.717) is 26.1 Å². The topological polar surface area (TPSA) is 47.6 Å². The molecule has 1 saturated heterocycles. The van der Waals surface area contributed by atoms with Crippen LogP contribution >= 0.6 is 11.6 Å². The lowest BCUT2D eigenvalue weighted by atomic mass is 9.94. The molecule has 1 amide bonds. The molecule has 1 fully saturated rings. The van der Waals surface area contributed by atoms with Gasteiger partial charge in [0, 0.05) is 23.6 Å². The molecule has 0 saturated carbocycles. The molecule has 1 unspecified atom stereocenters. The van der Waals surface area contributed by atoms with Gasteiger partial charge >= 0.3 is 0 Å². The average Bonchev–Trinajstić information content (AvgIpc) is 2.98. The molecule has 23 heavy (non-hydrogen) atoms. The van der Waals surface area contributed by atoms with Crippen molar-refractivity contribution in [3.05, 3.63) is 34.9 Å². The minimum absolute atomic E-state index is 0.00519. The van der Waals surface area contributed by atoms with E-state index in [1.54, 1.807) is 0 Å². The zero-order valence-corrected chi connectivity index (χ0v) is 14.7. The third kappa shape index (κ3) is 6.50. The van der Waals surface area contributed by atoms with Gasteiger partial charge in [-0.15, -0.1) is 0 Å². The number of hydrogen-bond acceptors (Lipinski definition) is 3. The summed E-state index contributed by atoms with van der Waals surface area (Å²) in [6.45, 7) is 5.83. The Balaban J connectivity index is 1.69. The number of amides is 1. The van der Waals surface area contributed by atoms with Crippen LogP contribution in [-0.2, 0) is 20.7 Å². The van der Waals surface area contributed by atoms with Crippen molar-refractivity contribution in [2.75, 3.05) is 19.8 Å². The molecule has 5 heteroatoms. The second kappa shape index (κ2) is 8.67. The molecule has 0 aliphatic carbocycles. The SMILES string of the molecule is CC(C)(Cc1ccccc1Cl)NC(=O)CCOCC1CCCO1. The highest BCUT2D eigenvalue weighted by Gasteiger charge is 2.22. The summed E-state index contributed by atoms with van der Waals surface area (Å²) >= 11 is 6.19. The van der Waals surface area contributed by atoms with E-state index < -0.39 is 0 Å². The van der Waals surface area contributed by atoms with Crippen LogP contribution < -0.4 is 5.32 Å². The van der Waals surface area contributed by atoms with Crippen molar-refractivity contribution in [2.45, 2.75) is 51.2 Å². The number of rotatable bonds is 8. The van der Waals surface area contributed by atoms with Crippen molar-refractivity contribution in [2.24, 2.45) is 0 Å². The van der Waals surface area contributed by atoms with Crippen LogP contribution in [0.2, 0.25) is 5.02 Å². The van der Waals surface area contributed by atoms with E-state index >= 15 is 0 Å². The van der Waals surface area contributed by atoms with Crippen LogP contribution in [0.15, 0.2) is 24.3 Å². The number of benzene rings is 1. The maximum atomic E-state index is 12.1. The molecule has 0 radical (unpaired) electrons. The van der Waals surface area contributed by atoms with Gasteiger partial charge in [0.2, 0.25) is 5.91 Å². The highest BCUT2D eigenvalue weighted by atomic mass is 35.5. The van der Waals surface area contributed by atoms with Gasteiger partial charge < -0.3 is 14.8 Å². The first-order valence-electron chi connectivity index (χ1n) is 8.20. The minimum atomic E-state index is -0.351. The summed E-state index contributed by atoms with van der Waals surface area (Å²) in [7, 11) is 0. The molecule has 1 aromatic rings. The molecule has 0 aromatic heterocycles. The predicted molar refractivity (Wildman–Crippen MR) is 91.8 cm³/mol. The van der Waals surface area contributed by atoms with E-state index in [1.807, 2.05) is 38.1 Å². The van der Waals surface area contributed by atoms with Gasteiger partial charge in [0.1, 0.15) is 0 Å². The summed E-state index contributed by atoms with van der Waals surface area (Å²) in [5.41, 5.74) is 0.686. The van der Waals surface area contributed by atoms with Gasteiger partial charge in [-0.05, 0) is 44.7 Å². The Kier molecular flexibility index (Phi) is 6.88. The predicted octanol–water partition coefficient (Wildman–Crippen LogP) is 3.36. The number of hydrogen-bond donors (Lipinski definition) is 1. The summed E-state index contributed by atoms with van der Waals surface area (Å²) in [5.74, 6) is -0.00519. The fourth-order valence-corrected chi connectivity index (χ4v) is 2.96. The molecule has 1 heterocycles. The quantitative estimate of drug-likeness (QED) is 0.739. The molecular formula is C18H26ClNO3. The van der Waals surface area contributed by atoms with E-state index in [1.165, 1.54) is 0 Å².